The standard InChI is InChI=1S/C28H24FN5O3S/c29-20-11-5-7-13-22(20)31-25(36)17-38-28-32-21-12-6-4-10-19(21)26-33-27(37)23(34(26)28)14-15-24(35)30-16-18-8-2-1-3-9-18/h1-13,23H,14-17H2,(H,30,35)(H,31,36). The molecule has 0 aliphatic carbocycles. The molecule has 0 fully saturated rings. The second kappa shape index (κ2) is 11.4. The van der Waals surface area contributed by atoms with Crippen LogP contribution in [0, 0.1) is 5.82 Å². The molecule has 8 nitrogen and oxygen atoms in total. The quantitative estimate of drug-likeness (QED) is 0.454. The number of rotatable bonds is 8. The fourth-order valence-corrected chi connectivity index (χ4v) is 5.06. The topological polar surface area (TPSA) is 103 Å². The molecule has 2 aliphatic rings. The molecule has 192 valence electrons. The normalized spacial score (nSPS) is 15.8. The predicted octanol–water partition coefficient (Wildman–Crippen LogP) is 4.25. The van der Waals surface area contributed by atoms with Crippen LogP contribution in [0.3, 0.4) is 0 Å². The number of nitrogens with zero attached hydrogens (tertiary/aromatic N) is 3. The number of halogens is 1. The Kier molecular flexibility index (Phi) is 7.60. The predicted molar refractivity (Wildman–Crippen MR) is 146 cm³/mol. The summed E-state index contributed by atoms with van der Waals surface area (Å²) in [6, 6.07) is 22.1. The van der Waals surface area contributed by atoms with Crippen LogP contribution >= 0.6 is 11.8 Å². The van der Waals surface area contributed by atoms with Crippen LogP contribution in [0.15, 0.2) is 88.8 Å². The number of fused-ring (bicyclic) bond motifs is 3. The Morgan fingerprint density at radius 3 is 2.47 bits per heavy atom. The summed E-state index contributed by atoms with van der Waals surface area (Å²) in [6.45, 7) is 0.400. The van der Waals surface area contributed by atoms with Crippen molar-refractivity contribution in [1.29, 1.82) is 0 Å². The summed E-state index contributed by atoms with van der Waals surface area (Å²) in [4.78, 5) is 48.8. The molecule has 0 bridgehead atoms. The van der Waals surface area contributed by atoms with E-state index in [0.717, 1.165) is 17.3 Å². The number of carbonyl (C=O) groups excluding carboxylic acids is 3. The third kappa shape index (κ3) is 5.65. The largest absolute Gasteiger partial charge is 0.352 e. The third-order valence-electron chi connectivity index (χ3n) is 6.07. The van der Waals surface area contributed by atoms with Gasteiger partial charge in [-0.2, -0.15) is 4.99 Å². The van der Waals surface area contributed by atoms with E-state index in [2.05, 4.69) is 15.6 Å². The van der Waals surface area contributed by atoms with E-state index in [1.807, 2.05) is 54.6 Å². The van der Waals surface area contributed by atoms with E-state index < -0.39 is 17.8 Å². The Labute approximate surface area is 223 Å². The lowest BCUT2D eigenvalue weighted by molar-refractivity contribution is -0.122. The molecule has 10 heteroatoms. The molecule has 5 rings (SSSR count). The van der Waals surface area contributed by atoms with Gasteiger partial charge >= 0.3 is 0 Å². The maximum atomic E-state index is 13.9. The summed E-state index contributed by atoms with van der Waals surface area (Å²) in [5.41, 5.74) is 2.41. The minimum atomic E-state index is -0.721. The molecule has 2 heterocycles. The molecule has 0 radical (unpaired) electrons. The summed E-state index contributed by atoms with van der Waals surface area (Å²) in [6.07, 6.45) is 0.353. The van der Waals surface area contributed by atoms with Crippen molar-refractivity contribution < 1.29 is 18.8 Å². The van der Waals surface area contributed by atoms with Gasteiger partial charge in [0.05, 0.1) is 17.1 Å². The average molecular weight is 530 g/mol. The van der Waals surface area contributed by atoms with Gasteiger partial charge in [0, 0.05) is 18.5 Å². The van der Waals surface area contributed by atoms with Crippen molar-refractivity contribution in [2.75, 3.05) is 11.1 Å². The Balaban J connectivity index is 1.28. The molecule has 38 heavy (non-hydrogen) atoms. The van der Waals surface area contributed by atoms with Crippen molar-refractivity contribution in [3.63, 3.8) is 0 Å². The SMILES string of the molecule is O=C(CCC1C(=O)N=C2c3ccccc3N=C(SCC(=O)Nc3ccccc3F)N21)NCc1ccccc1. The van der Waals surface area contributed by atoms with Crippen molar-refractivity contribution in [2.24, 2.45) is 9.98 Å². The molecule has 1 atom stereocenters. The van der Waals surface area contributed by atoms with E-state index in [1.165, 1.54) is 12.1 Å². The second-order valence-electron chi connectivity index (χ2n) is 8.69. The number of nitrogens with one attached hydrogen (secondary N) is 2. The van der Waals surface area contributed by atoms with E-state index >= 15 is 0 Å². The molecule has 3 aromatic carbocycles. The minimum Gasteiger partial charge on any atom is -0.352 e. The van der Waals surface area contributed by atoms with Gasteiger partial charge in [0.2, 0.25) is 11.8 Å². The maximum absolute atomic E-state index is 13.9. The lowest BCUT2D eigenvalue weighted by atomic mass is 10.1. The minimum absolute atomic E-state index is 0.0579. The van der Waals surface area contributed by atoms with Crippen molar-refractivity contribution in [1.82, 2.24) is 10.2 Å². The molecule has 3 amide bonds. The van der Waals surface area contributed by atoms with Crippen molar-refractivity contribution in [2.45, 2.75) is 25.4 Å². The highest BCUT2D eigenvalue weighted by molar-refractivity contribution is 8.14. The number of thioether (sulfide) groups is 1. The average Bonchev–Trinajstić information content (AvgIpc) is 3.27. The van der Waals surface area contributed by atoms with Gasteiger partial charge in [-0.1, -0.05) is 66.4 Å². The van der Waals surface area contributed by atoms with Gasteiger partial charge in [-0.05, 0) is 36.2 Å². The number of aliphatic imine (C=N–C) groups is 2. The molecule has 0 saturated heterocycles. The van der Waals surface area contributed by atoms with Crippen molar-refractivity contribution in [3.8, 4) is 0 Å². The maximum Gasteiger partial charge on any atom is 0.270 e. The smallest absolute Gasteiger partial charge is 0.270 e. The first-order valence-corrected chi connectivity index (χ1v) is 13.1. The van der Waals surface area contributed by atoms with Gasteiger partial charge in [0.15, 0.2) is 5.17 Å². The highest BCUT2D eigenvalue weighted by Crippen LogP contribution is 2.35. The van der Waals surface area contributed by atoms with Gasteiger partial charge in [0.25, 0.3) is 5.91 Å². The highest BCUT2D eigenvalue weighted by Gasteiger charge is 2.41. The zero-order chi connectivity index (χ0) is 26.5. The lowest BCUT2D eigenvalue weighted by Gasteiger charge is -2.31. The Hall–Kier alpha value is -4.31. The van der Waals surface area contributed by atoms with E-state index in [1.54, 1.807) is 17.0 Å². The molecular weight excluding hydrogens is 505 g/mol. The van der Waals surface area contributed by atoms with Crippen molar-refractivity contribution >= 4 is 51.9 Å². The molecule has 0 spiro atoms. The van der Waals surface area contributed by atoms with Crippen LogP contribution in [0.4, 0.5) is 15.8 Å². The molecular formula is C28H24FN5O3S. The Morgan fingerprint density at radius 2 is 1.66 bits per heavy atom. The molecule has 2 N–H and O–H groups in total. The summed E-state index contributed by atoms with van der Waals surface area (Å²) in [5, 5.41) is 5.86. The first-order chi connectivity index (χ1) is 18.5. The van der Waals surface area contributed by atoms with Crippen LogP contribution in [-0.4, -0.2) is 45.4 Å². The van der Waals surface area contributed by atoms with Crippen LogP contribution < -0.4 is 10.6 Å². The fraction of sp³-hybridized carbons (Fsp3) is 0.179. The zero-order valence-corrected chi connectivity index (χ0v) is 21.1. The number of amidine groups is 2. The number of carbonyl (C=O) groups is 3. The Bertz CT molecular complexity index is 1440. The zero-order valence-electron chi connectivity index (χ0n) is 20.3. The van der Waals surface area contributed by atoms with Gasteiger partial charge < -0.3 is 10.6 Å². The van der Waals surface area contributed by atoms with E-state index in [9.17, 15) is 18.8 Å². The fourth-order valence-electron chi connectivity index (χ4n) is 4.21. The summed E-state index contributed by atoms with van der Waals surface area (Å²) in [5.74, 6) is -1.09. The van der Waals surface area contributed by atoms with Gasteiger partial charge in [-0.3, -0.25) is 19.3 Å². The van der Waals surface area contributed by atoms with Crippen LogP contribution in [0.5, 0.6) is 0 Å². The number of para-hydroxylation sites is 2. The number of hydrogen-bond donors (Lipinski definition) is 2. The molecule has 1 unspecified atom stereocenters. The number of anilines is 1. The second-order valence-corrected chi connectivity index (χ2v) is 9.63. The van der Waals surface area contributed by atoms with Crippen LogP contribution in [0.2, 0.25) is 0 Å². The lowest BCUT2D eigenvalue weighted by Crippen LogP contribution is -2.44. The van der Waals surface area contributed by atoms with Crippen LogP contribution in [0.1, 0.15) is 24.0 Å². The number of benzene rings is 3. The first-order valence-electron chi connectivity index (χ1n) is 12.1. The van der Waals surface area contributed by atoms with Gasteiger partial charge in [-0.15, -0.1) is 0 Å². The first kappa shape index (κ1) is 25.3. The van der Waals surface area contributed by atoms with Crippen LogP contribution in [-0.2, 0) is 20.9 Å². The molecule has 0 aromatic heterocycles. The van der Waals surface area contributed by atoms with Gasteiger partial charge in [0.1, 0.15) is 17.7 Å². The van der Waals surface area contributed by atoms with Crippen LogP contribution in [0.25, 0.3) is 0 Å². The summed E-state index contributed by atoms with van der Waals surface area (Å²) < 4.78 is 13.9. The van der Waals surface area contributed by atoms with E-state index in [0.29, 0.717) is 28.8 Å². The highest BCUT2D eigenvalue weighted by atomic mass is 32.2. The van der Waals surface area contributed by atoms with Gasteiger partial charge in [-0.25, -0.2) is 9.38 Å². The Morgan fingerprint density at radius 1 is 0.921 bits per heavy atom. The number of hydrogen-bond acceptors (Lipinski definition) is 6. The summed E-state index contributed by atoms with van der Waals surface area (Å²) >= 11 is 1.13. The molecule has 3 aromatic rings. The monoisotopic (exact) mass is 529 g/mol. The number of amides is 3. The van der Waals surface area contributed by atoms with E-state index in [4.69, 9.17) is 4.99 Å². The summed E-state index contributed by atoms with van der Waals surface area (Å²) in [7, 11) is 0. The third-order valence-corrected chi connectivity index (χ3v) is 7.02. The molecule has 2 aliphatic heterocycles. The van der Waals surface area contributed by atoms with Crippen molar-refractivity contribution in [3.05, 3.63) is 95.8 Å². The van der Waals surface area contributed by atoms with E-state index in [-0.39, 0.29) is 36.1 Å². The molecule has 0 saturated carbocycles.